The summed E-state index contributed by atoms with van der Waals surface area (Å²) in [6.45, 7) is 1.78. The van der Waals surface area contributed by atoms with Gasteiger partial charge in [-0.2, -0.15) is 5.10 Å². The van der Waals surface area contributed by atoms with E-state index in [-0.39, 0.29) is 17.5 Å². The van der Waals surface area contributed by atoms with Crippen LogP contribution in [0.15, 0.2) is 53.6 Å². The number of nitrogens with zero attached hydrogens (tertiary/aromatic N) is 1. The highest BCUT2D eigenvalue weighted by Crippen LogP contribution is 2.27. The Morgan fingerprint density at radius 2 is 1.84 bits per heavy atom. The van der Waals surface area contributed by atoms with Crippen molar-refractivity contribution in [2.45, 2.75) is 13.0 Å². The summed E-state index contributed by atoms with van der Waals surface area (Å²) in [4.78, 5) is 23.7. The van der Waals surface area contributed by atoms with Gasteiger partial charge in [0.2, 0.25) is 0 Å². The highest BCUT2D eigenvalue weighted by Gasteiger charge is 2.16. The molecule has 130 valence electrons. The summed E-state index contributed by atoms with van der Waals surface area (Å²) in [6.07, 6.45) is 1.23. The van der Waals surface area contributed by atoms with E-state index >= 15 is 0 Å². The van der Waals surface area contributed by atoms with Crippen LogP contribution in [-0.2, 0) is 9.59 Å². The Morgan fingerprint density at radius 1 is 1.12 bits per heavy atom. The number of amides is 2. The quantitative estimate of drug-likeness (QED) is 0.438. The van der Waals surface area contributed by atoms with Gasteiger partial charge in [0.25, 0.3) is 0 Å². The number of aromatic hydroxyl groups is 1. The van der Waals surface area contributed by atoms with E-state index in [1.54, 1.807) is 25.1 Å². The fourth-order valence-corrected chi connectivity index (χ4v) is 2.11. The van der Waals surface area contributed by atoms with Crippen LogP contribution < -0.4 is 15.5 Å². The predicted molar refractivity (Wildman–Crippen MR) is 93.4 cm³/mol. The number of ether oxygens (including phenoxy) is 1. The molecule has 3 N–H and O–H groups in total. The van der Waals surface area contributed by atoms with Crippen LogP contribution in [0.5, 0.6) is 11.5 Å². The van der Waals surface area contributed by atoms with Crippen LogP contribution in [0.3, 0.4) is 0 Å². The summed E-state index contributed by atoms with van der Waals surface area (Å²) in [5.41, 5.74) is 3.35. The summed E-state index contributed by atoms with van der Waals surface area (Å²) in [6, 6.07) is 13.8. The highest BCUT2D eigenvalue weighted by atomic mass is 16.5. The third-order valence-electron chi connectivity index (χ3n) is 3.47. The molecule has 0 aromatic heterocycles. The first-order valence-corrected chi connectivity index (χ1v) is 7.57. The lowest BCUT2D eigenvalue weighted by Gasteiger charge is -2.13. The molecule has 7 heteroatoms. The zero-order chi connectivity index (χ0) is 18.2. The van der Waals surface area contributed by atoms with Gasteiger partial charge in [-0.1, -0.05) is 36.4 Å². The van der Waals surface area contributed by atoms with Crippen LogP contribution >= 0.6 is 0 Å². The molecule has 0 radical (unpaired) electrons. The van der Waals surface area contributed by atoms with Crippen molar-refractivity contribution >= 4 is 18.0 Å². The molecule has 2 amide bonds. The molecule has 0 aliphatic carbocycles. The summed E-state index contributed by atoms with van der Waals surface area (Å²) in [5.74, 6) is -1.53. The normalized spacial score (nSPS) is 11.8. The molecule has 1 atom stereocenters. The van der Waals surface area contributed by atoms with Gasteiger partial charge in [-0.25, -0.2) is 5.43 Å². The zero-order valence-corrected chi connectivity index (χ0v) is 13.9. The lowest BCUT2D eigenvalue weighted by molar-refractivity contribution is -0.139. The van der Waals surface area contributed by atoms with Gasteiger partial charge in [0, 0.05) is 5.56 Å². The standard InChI is InChI=1S/C18H19N3O4/c1-12(13-7-4-3-5-8-13)20-17(23)18(24)21-19-11-14-9-6-10-15(25-2)16(14)22/h3-12,22H,1-2H3,(H,20,23)(H,21,24). The van der Waals surface area contributed by atoms with Crippen LogP contribution in [-0.4, -0.2) is 30.2 Å². The first-order valence-electron chi connectivity index (χ1n) is 7.57. The van der Waals surface area contributed by atoms with Gasteiger partial charge in [0.15, 0.2) is 11.5 Å². The second-order valence-corrected chi connectivity index (χ2v) is 5.20. The lowest BCUT2D eigenvalue weighted by Crippen LogP contribution is -2.39. The van der Waals surface area contributed by atoms with Crippen molar-refractivity contribution < 1.29 is 19.4 Å². The number of carbonyl (C=O) groups excluding carboxylic acids is 2. The van der Waals surface area contributed by atoms with Crippen LogP contribution in [0.2, 0.25) is 0 Å². The van der Waals surface area contributed by atoms with Crippen molar-refractivity contribution in [2.24, 2.45) is 5.10 Å². The van der Waals surface area contributed by atoms with Crippen molar-refractivity contribution in [1.82, 2.24) is 10.7 Å². The van der Waals surface area contributed by atoms with Gasteiger partial charge in [0.05, 0.1) is 19.4 Å². The second kappa shape index (κ2) is 8.49. The van der Waals surface area contributed by atoms with Crippen molar-refractivity contribution in [3.63, 3.8) is 0 Å². The minimum atomic E-state index is -0.901. The molecule has 0 spiro atoms. The van der Waals surface area contributed by atoms with E-state index in [2.05, 4.69) is 15.8 Å². The number of phenolic OH excluding ortho intramolecular Hbond substituents is 1. The lowest BCUT2D eigenvalue weighted by atomic mass is 10.1. The molecule has 0 saturated carbocycles. The van der Waals surface area contributed by atoms with E-state index in [1.165, 1.54) is 13.3 Å². The first kappa shape index (κ1) is 18.0. The van der Waals surface area contributed by atoms with E-state index in [0.717, 1.165) is 5.56 Å². The fraction of sp³-hybridized carbons (Fsp3) is 0.167. The number of carbonyl (C=O) groups is 2. The molecule has 1 unspecified atom stereocenters. The Hall–Kier alpha value is -3.35. The number of benzene rings is 2. The smallest absolute Gasteiger partial charge is 0.329 e. The maximum Gasteiger partial charge on any atom is 0.329 e. The van der Waals surface area contributed by atoms with Crippen molar-refractivity contribution in [2.75, 3.05) is 7.11 Å². The number of hydrogen-bond acceptors (Lipinski definition) is 5. The van der Waals surface area contributed by atoms with Crippen LogP contribution in [0.1, 0.15) is 24.1 Å². The Morgan fingerprint density at radius 3 is 2.52 bits per heavy atom. The average molecular weight is 341 g/mol. The molecule has 0 bridgehead atoms. The Bertz CT molecular complexity index is 775. The third kappa shape index (κ3) is 4.81. The van der Waals surface area contributed by atoms with Crippen LogP contribution in [0.25, 0.3) is 0 Å². The zero-order valence-electron chi connectivity index (χ0n) is 13.9. The molecular formula is C18H19N3O4. The van der Waals surface area contributed by atoms with Gasteiger partial charge < -0.3 is 15.2 Å². The molecule has 0 aliphatic rings. The Balaban J connectivity index is 1.92. The minimum Gasteiger partial charge on any atom is -0.504 e. The molecule has 2 aromatic carbocycles. The van der Waals surface area contributed by atoms with Crippen LogP contribution in [0.4, 0.5) is 0 Å². The van der Waals surface area contributed by atoms with Gasteiger partial charge in [0.1, 0.15) is 0 Å². The summed E-state index contributed by atoms with van der Waals surface area (Å²) in [7, 11) is 1.43. The minimum absolute atomic E-state index is 0.106. The van der Waals surface area contributed by atoms with E-state index in [9.17, 15) is 14.7 Å². The van der Waals surface area contributed by atoms with Gasteiger partial charge in [-0.15, -0.1) is 0 Å². The molecule has 0 saturated heterocycles. The van der Waals surface area contributed by atoms with Crippen LogP contribution in [0, 0.1) is 0 Å². The molecule has 0 aliphatic heterocycles. The molecule has 2 rings (SSSR count). The number of nitrogens with one attached hydrogen (secondary N) is 2. The molecule has 7 nitrogen and oxygen atoms in total. The van der Waals surface area contributed by atoms with E-state index in [1.807, 2.05) is 30.3 Å². The maximum absolute atomic E-state index is 11.9. The molecule has 0 heterocycles. The summed E-state index contributed by atoms with van der Waals surface area (Å²) in [5, 5.41) is 16.2. The maximum atomic E-state index is 11.9. The van der Waals surface area contributed by atoms with Gasteiger partial charge in [-0.05, 0) is 24.6 Å². The number of methoxy groups -OCH3 is 1. The molecular weight excluding hydrogens is 322 g/mol. The monoisotopic (exact) mass is 341 g/mol. The second-order valence-electron chi connectivity index (χ2n) is 5.20. The summed E-state index contributed by atoms with van der Waals surface area (Å²) >= 11 is 0. The third-order valence-corrected chi connectivity index (χ3v) is 3.47. The number of hydrazone groups is 1. The molecule has 0 fully saturated rings. The number of rotatable bonds is 5. The largest absolute Gasteiger partial charge is 0.504 e. The van der Waals surface area contributed by atoms with Crippen molar-refractivity contribution in [3.8, 4) is 11.5 Å². The van der Waals surface area contributed by atoms with Gasteiger partial charge >= 0.3 is 11.8 Å². The van der Waals surface area contributed by atoms with E-state index in [4.69, 9.17) is 4.74 Å². The average Bonchev–Trinajstić information content (AvgIpc) is 2.63. The molecule has 2 aromatic rings. The Kier molecular flexibility index (Phi) is 6.11. The SMILES string of the molecule is COc1cccc(C=NNC(=O)C(=O)NC(C)c2ccccc2)c1O. The highest BCUT2D eigenvalue weighted by molar-refractivity contribution is 6.35. The number of para-hydroxylation sites is 1. The Labute approximate surface area is 145 Å². The van der Waals surface area contributed by atoms with Crippen molar-refractivity contribution in [3.05, 3.63) is 59.7 Å². The number of phenols is 1. The predicted octanol–water partition coefficient (Wildman–Crippen LogP) is 1.73. The van der Waals surface area contributed by atoms with E-state index < -0.39 is 11.8 Å². The molecule has 25 heavy (non-hydrogen) atoms. The van der Waals surface area contributed by atoms with Crippen molar-refractivity contribution in [1.29, 1.82) is 0 Å². The summed E-state index contributed by atoms with van der Waals surface area (Å²) < 4.78 is 4.97. The van der Waals surface area contributed by atoms with E-state index in [0.29, 0.717) is 5.56 Å². The fourth-order valence-electron chi connectivity index (χ4n) is 2.11. The first-order chi connectivity index (χ1) is 12.0. The topological polar surface area (TPSA) is 100 Å². The van der Waals surface area contributed by atoms with Gasteiger partial charge in [-0.3, -0.25) is 9.59 Å². The number of hydrogen-bond donors (Lipinski definition) is 3.